The van der Waals surface area contributed by atoms with Crippen molar-refractivity contribution in [1.82, 2.24) is 59.8 Å². The van der Waals surface area contributed by atoms with E-state index < -0.39 is 0 Å². The zero-order valence-corrected chi connectivity index (χ0v) is 30.0. The van der Waals surface area contributed by atoms with E-state index in [4.69, 9.17) is 19.7 Å². The van der Waals surface area contributed by atoms with Crippen molar-refractivity contribution in [1.29, 1.82) is 15.8 Å². The highest BCUT2D eigenvalue weighted by molar-refractivity contribution is 5.93. The third-order valence-electron chi connectivity index (χ3n) is 9.38. The fourth-order valence-corrected chi connectivity index (χ4v) is 6.61. The van der Waals surface area contributed by atoms with Crippen LogP contribution in [-0.4, -0.2) is 59.8 Å². The van der Waals surface area contributed by atoms with Crippen LogP contribution < -0.4 is 0 Å². The topological polar surface area (TPSA) is 239 Å². The maximum atomic E-state index is 9.53. The van der Waals surface area contributed by atoms with Gasteiger partial charge in [0.1, 0.15) is 18.2 Å². The van der Waals surface area contributed by atoms with Gasteiger partial charge in [-0.15, -0.1) is 9.97 Å². The first kappa shape index (κ1) is 34.4. The second-order valence-corrected chi connectivity index (χ2v) is 12.9. The van der Waals surface area contributed by atoms with E-state index in [1.165, 1.54) is 0 Å². The van der Waals surface area contributed by atoms with Crippen LogP contribution in [-0.2, 0) is 0 Å². The Balaban J connectivity index is 1.16. The first-order chi connectivity index (χ1) is 29.3. The second kappa shape index (κ2) is 13.3. The van der Waals surface area contributed by atoms with E-state index in [1.807, 2.05) is 72.8 Å². The summed E-state index contributed by atoms with van der Waals surface area (Å²) in [4.78, 5) is 62.9. The van der Waals surface area contributed by atoms with E-state index in [0.29, 0.717) is 33.1 Å². The number of hydrogen-bond donors (Lipinski definition) is 0. The van der Waals surface area contributed by atoms with Gasteiger partial charge in [0.25, 0.3) is 17.3 Å². The molecule has 10 rings (SSSR count). The van der Waals surface area contributed by atoms with Crippen LogP contribution in [0, 0.1) is 53.7 Å². The molecule has 4 aromatic carbocycles. The first-order valence-corrected chi connectivity index (χ1v) is 17.3. The van der Waals surface area contributed by atoms with Crippen molar-refractivity contribution in [3.05, 3.63) is 124 Å². The summed E-state index contributed by atoms with van der Waals surface area (Å²) in [5, 5.41) is 28.5. The number of benzene rings is 4. The number of aromatic nitrogens is 12. The van der Waals surface area contributed by atoms with Gasteiger partial charge >= 0.3 is 17.1 Å². The standard InChI is InChI=1S/C42H12N18/c1-46-34-33(18-45)57-39-40(58-34)50-26-8-5-20(14-29(26)53-39)23-10-22(19-4-7-25-28(13-19)52-38-37(49-25)55-31(16-43)32(17-44)56-38)11-24(12-23)21-6-9-27-30(15-21)54-42-41(51-27)59-35(47-2)36(48-3)60-42/h4-15H. The Bertz CT molecular complexity index is 3460. The van der Waals surface area contributed by atoms with Crippen LogP contribution in [0.2, 0.25) is 0 Å². The maximum absolute atomic E-state index is 9.53. The van der Waals surface area contributed by atoms with Crippen molar-refractivity contribution in [2.24, 2.45) is 0 Å². The van der Waals surface area contributed by atoms with E-state index in [0.717, 1.165) is 33.4 Å². The number of nitriles is 3. The second-order valence-electron chi connectivity index (χ2n) is 12.9. The maximum Gasteiger partial charge on any atom is 0.316 e. The molecule has 0 amide bonds. The van der Waals surface area contributed by atoms with Crippen LogP contribution in [0.25, 0.3) is 115 Å². The quantitative estimate of drug-likeness (QED) is 0.124. The Labute approximate surface area is 335 Å². The summed E-state index contributed by atoms with van der Waals surface area (Å²) in [6.45, 7) is 22.2. The van der Waals surface area contributed by atoms with Crippen LogP contribution in [0.3, 0.4) is 0 Å². The molecule has 6 aromatic heterocycles. The van der Waals surface area contributed by atoms with Crippen molar-refractivity contribution in [3.63, 3.8) is 0 Å². The monoisotopic (exact) mass is 768 g/mol. The minimum atomic E-state index is -0.157. The molecule has 0 atom stereocenters. The Morgan fingerprint density at radius 2 is 0.617 bits per heavy atom. The SMILES string of the molecule is [C-]#[N+]c1nc2nc3ccc(-c4cc(-c5ccc6nc7nc(C#N)c(C#N)nc7nc6c5)cc(-c5ccc6nc7nc([N+]#[C-])c([N+]#[C-])nc7nc6c5)c4)cc3nc2nc1C#N. The van der Waals surface area contributed by atoms with E-state index >= 15 is 0 Å². The molecule has 6 heterocycles. The Hall–Kier alpha value is -10.1. The van der Waals surface area contributed by atoms with Crippen molar-refractivity contribution < 1.29 is 0 Å². The molecular weight excluding hydrogens is 757 g/mol. The fraction of sp³-hybridized carbons (Fsp3) is 0. The Kier molecular flexibility index (Phi) is 7.59. The lowest BCUT2D eigenvalue weighted by atomic mass is 9.93. The van der Waals surface area contributed by atoms with Gasteiger partial charge in [-0.1, -0.05) is 42.9 Å². The highest BCUT2D eigenvalue weighted by Gasteiger charge is 2.19. The fourth-order valence-electron chi connectivity index (χ4n) is 6.61. The van der Waals surface area contributed by atoms with Gasteiger partial charge in [0, 0.05) is 0 Å². The van der Waals surface area contributed by atoms with Gasteiger partial charge in [0.15, 0.2) is 28.4 Å². The van der Waals surface area contributed by atoms with Crippen molar-refractivity contribution >= 4 is 84.4 Å². The van der Waals surface area contributed by atoms with Gasteiger partial charge in [0.2, 0.25) is 5.65 Å². The molecule has 0 aliphatic rings. The molecule has 0 saturated carbocycles. The Morgan fingerprint density at radius 3 is 0.950 bits per heavy atom. The van der Waals surface area contributed by atoms with Gasteiger partial charge < -0.3 is 14.5 Å². The summed E-state index contributed by atoms with van der Waals surface area (Å²) in [5.41, 5.74) is 8.07. The molecule has 0 radical (unpaired) electrons. The number of fused-ring (bicyclic) bond motifs is 6. The summed E-state index contributed by atoms with van der Waals surface area (Å²) in [5.74, 6) is -0.450. The third-order valence-corrected chi connectivity index (χ3v) is 9.38. The van der Waals surface area contributed by atoms with Gasteiger partial charge in [-0.05, 0) is 88.0 Å². The molecule has 60 heavy (non-hydrogen) atoms. The molecule has 0 N–H and O–H groups in total. The highest BCUT2D eigenvalue weighted by atomic mass is 15.1. The van der Waals surface area contributed by atoms with Gasteiger partial charge in [-0.3, -0.25) is 0 Å². The largest absolute Gasteiger partial charge is 0.370 e. The van der Waals surface area contributed by atoms with E-state index in [1.54, 1.807) is 18.2 Å². The molecule has 0 unspecified atom stereocenters. The average Bonchev–Trinajstić information content (AvgIpc) is 3.29. The molecule has 18 heteroatoms. The molecule has 270 valence electrons. The average molecular weight is 769 g/mol. The molecule has 0 saturated heterocycles. The zero-order chi connectivity index (χ0) is 41.1. The van der Waals surface area contributed by atoms with Gasteiger partial charge in [0.05, 0.1) is 33.1 Å². The van der Waals surface area contributed by atoms with Crippen LogP contribution in [0.5, 0.6) is 0 Å². The van der Waals surface area contributed by atoms with E-state index in [9.17, 15) is 15.8 Å². The zero-order valence-electron chi connectivity index (χ0n) is 30.0. The molecule has 0 spiro atoms. The van der Waals surface area contributed by atoms with E-state index in [2.05, 4.69) is 74.3 Å². The number of nitrogens with zero attached hydrogens (tertiary/aromatic N) is 18. The highest BCUT2D eigenvalue weighted by Crippen LogP contribution is 2.36. The lowest BCUT2D eigenvalue weighted by molar-refractivity contribution is 1.14. The molecule has 10 aromatic rings. The number of hydrogen-bond acceptors (Lipinski definition) is 15. The third kappa shape index (κ3) is 5.61. The van der Waals surface area contributed by atoms with Crippen LogP contribution in [0.1, 0.15) is 17.1 Å². The minimum absolute atomic E-state index is 0.120. The minimum Gasteiger partial charge on any atom is -0.370 e. The predicted molar refractivity (Wildman–Crippen MR) is 214 cm³/mol. The summed E-state index contributed by atoms with van der Waals surface area (Å²) in [6, 6.07) is 28.3. The summed E-state index contributed by atoms with van der Waals surface area (Å²) < 4.78 is 0. The van der Waals surface area contributed by atoms with E-state index in [-0.39, 0.29) is 68.4 Å². The molecule has 0 bridgehead atoms. The van der Waals surface area contributed by atoms with Crippen molar-refractivity contribution in [2.75, 3.05) is 0 Å². The van der Waals surface area contributed by atoms with Gasteiger partial charge in [-0.25, -0.2) is 44.9 Å². The summed E-state index contributed by atoms with van der Waals surface area (Å²) in [6.07, 6.45) is 0. The summed E-state index contributed by atoms with van der Waals surface area (Å²) in [7, 11) is 0. The molecule has 0 aliphatic carbocycles. The van der Waals surface area contributed by atoms with Crippen LogP contribution in [0.4, 0.5) is 17.5 Å². The normalized spacial score (nSPS) is 10.9. The molecular formula is C42H12N18. The van der Waals surface area contributed by atoms with Crippen molar-refractivity contribution in [2.45, 2.75) is 0 Å². The lowest BCUT2D eigenvalue weighted by Gasteiger charge is -2.13. The smallest absolute Gasteiger partial charge is 0.316 e. The first-order valence-electron chi connectivity index (χ1n) is 17.3. The molecule has 0 aliphatic heterocycles. The van der Waals surface area contributed by atoms with Crippen LogP contribution in [0.15, 0.2) is 72.8 Å². The molecule has 0 fully saturated rings. The summed E-state index contributed by atoms with van der Waals surface area (Å²) >= 11 is 0. The van der Waals surface area contributed by atoms with Crippen molar-refractivity contribution in [3.8, 4) is 51.6 Å². The Morgan fingerprint density at radius 1 is 0.317 bits per heavy atom. The molecule has 18 nitrogen and oxygen atoms in total. The predicted octanol–water partition coefficient (Wildman–Crippen LogP) is 7.61. The lowest BCUT2D eigenvalue weighted by Crippen LogP contribution is -2.00. The van der Waals surface area contributed by atoms with Gasteiger partial charge in [-0.2, -0.15) is 15.8 Å². The number of rotatable bonds is 3. The van der Waals surface area contributed by atoms with Crippen LogP contribution >= 0.6 is 0 Å².